The van der Waals surface area contributed by atoms with E-state index < -0.39 is 0 Å². The molecular formula is C13H11Cl2N3O. The lowest BCUT2D eigenvalue weighted by Crippen LogP contribution is -2.19. The molecule has 19 heavy (non-hydrogen) atoms. The largest absolute Gasteiger partial charge is 0.357 e. The van der Waals surface area contributed by atoms with Crippen molar-refractivity contribution in [3.8, 4) is 0 Å². The molecule has 0 aliphatic rings. The van der Waals surface area contributed by atoms with E-state index in [-0.39, 0.29) is 5.91 Å². The van der Waals surface area contributed by atoms with Gasteiger partial charge < -0.3 is 4.98 Å². The minimum atomic E-state index is -0.317. The molecule has 0 saturated carbocycles. The molecule has 4 nitrogen and oxygen atoms in total. The molecular weight excluding hydrogens is 285 g/mol. The summed E-state index contributed by atoms with van der Waals surface area (Å²) in [6.45, 7) is 1.74. The Kier molecular flexibility index (Phi) is 4.24. The van der Waals surface area contributed by atoms with Crippen LogP contribution in [0, 0.1) is 0 Å². The Hall–Kier alpha value is -1.78. The summed E-state index contributed by atoms with van der Waals surface area (Å²) in [6.07, 6.45) is 1.67. The maximum atomic E-state index is 11.7. The molecule has 0 spiro atoms. The van der Waals surface area contributed by atoms with Crippen molar-refractivity contribution in [3.05, 3.63) is 57.8 Å². The van der Waals surface area contributed by atoms with Crippen LogP contribution in [0.15, 0.2) is 41.6 Å². The van der Waals surface area contributed by atoms with Crippen molar-refractivity contribution in [1.82, 2.24) is 10.4 Å². The second-order valence-electron chi connectivity index (χ2n) is 3.85. The Labute approximate surface area is 120 Å². The highest BCUT2D eigenvalue weighted by atomic mass is 35.5. The molecule has 0 saturated heterocycles. The summed E-state index contributed by atoms with van der Waals surface area (Å²) in [5.41, 5.74) is 4.14. The maximum absolute atomic E-state index is 11.7. The average molecular weight is 296 g/mol. The fourth-order valence-electron chi connectivity index (χ4n) is 1.50. The van der Waals surface area contributed by atoms with E-state index in [1.807, 2.05) is 0 Å². The van der Waals surface area contributed by atoms with Crippen molar-refractivity contribution in [3.63, 3.8) is 0 Å². The van der Waals surface area contributed by atoms with Crippen molar-refractivity contribution in [2.75, 3.05) is 0 Å². The molecule has 0 atom stereocenters. The molecule has 0 bridgehead atoms. The van der Waals surface area contributed by atoms with Gasteiger partial charge in [0.15, 0.2) is 0 Å². The number of hydrogen-bond donors (Lipinski definition) is 2. The molecule has 0 fully saturated rings. The number of carbonyl (C=O) groups is 1. The zero-order chi connectivity index (χ0) is 13.8. The predicted molar refractivity (Wildman–Crippen MR) is 76.9 cm³/mol. The number of rotatable bonds is 3. The average Bonchev–Trinajstić information content (AvgIpc) is 2.92. The summed E-state index contributed by atoms with van der Waals surface area (Å²) in [6, 6.07) is 8.47. The number of carbonyl (C=O) groups excluding carboxylic acids is 1. The fraction of sp³-hybridized carbons (Fsp3) is 0.0769. The number of H-pyrrole nitrogens is 1. The second kappa shape index (κ2) is 5.91. The van der Waals surface area contributed by atoms with E-state index in [0.717, 1.165) is 0 Å². The van der Waals surface area contributed by atoms with E-state index in [1.54, 1.807) is 43.5 Å². The molecule has 1 amide bonds. The van der Waals surface area contributed by atoms with Gasteiger partial charge in [-0.05, 0) is 37.3 Å². The third kappa shape index (κ3) is 3.36. The summed E-state index contributed by atoms with van der Waals surface area (Å²) in [4.78, 5) is 14.5. The first-order valence-corrected chi connectivity index (χ1v) is 6.27. The van der Waals surface area contributed by atoms with E-state index in [2.05, 4.69) is 15.5 Å². The third-order valence-electron chi connectivity index (χ3n) is 2.49. The van der Waals surface area contributed by atoms with Gasteiger partial charge in [0, 0.05) is 21.8 Å². The molecule has 2 aromatic rings. The number of hydrogen-bond acceptors (Lipinski definition) is 2. The second-order valence-corrected chi connectivity index (χ2v) is 4.69. The predicted octanol–water partition coefficient (Wildman–Crippen LogP) is 3.48. The molecule has 0 aliphatic carbocycles. The van der Waals surface area contributed by atoms with Gasteiger partial charge in [-0.3, -0.25) is 4.79 Å². The van der Waals surface area contributed by atoms with E-state index in [4.69, 9.17) is 23.2 Å². The van der Waals surface area contributed by atoms with Crippen LogP contribution in [0.4, 0.5) is 0 Å². The van der Waals surface area contributed by atoms with Gasteiger partial charge in [0.1, 0.15) is 5.69 Å². The summed E-state index contributed by atoms with van der Waals surface area (Å²) in [5.74, 6) is -0.317. The minimum absolute atomic E-state index is 0.317. The summed E-state index contributed by atoms with van der Waals surface area (Å²) in [7, 11) is 0. The Bertz CT molecular complexity index is 621. The molecule has 1 heterocycles. The fourth-order valence-corrected chi connectivity index (χ4v) is 1.93. The Morgan fingerprint density at radius 1 is 1.32 bits per heavy atom. The number of halogens is 2. The van der Waals surface area contributed by atoms with Gasteiger partial charge in [0.25, 0.3) is 5.91 Å². The van der Waals surface area contributed by atoms with E-state index in [1.165, 1.54) is 0 Å². The molecule has 0 unspecified atom stereocenters. The van der Waals surface area contributed by atoms with E-state index in [9.17, 15) is 4.79 Å². The van der Waals surface area contributed by atoms with Crippen LogP contribution < -0.4 is 5.43 Å². The van der Waals surface area contributed by atoms with Crippen LogP contribution in [0.1, 0.15) is 23.0 Å². The van der Waals surface area contributed by atoms with Gasteiger partial charge in [-0.25, -0.2) is 5.43 Å². The van der Waals surface area contributed by atoms with Gasteiger partial charge >= 0.3 is 0 Å². The zero-order valence-electron chi connectivity index (χ0n) is 10.1. The van der Waals surface area contributed by atoms with Crippen molar-refractivity contribution < 1.29 is 4.79 Å². The molecule has 1 aromatic carbocycles. The molecule has 2 rings (SSSR count). The van der Waals surface area contributed by atoms with Crippen molar-refractivity contribution >= 4 is 34.8 Å². The molecule has 0 radical (unpaired) electrons. The molecule has 2 N–H and O–H groups in total. The van der Waals surface area contributed by atoms with Gasteiger partial charge in [-0.15, -0.1) is 0 Å². The Morgan fingerprint density at radius 3 is 2.79 bits per heavy atom. The first kappa shape index (κ1) is 13.6. The van der Waals surface area contributed by atoms with Crippen molar-refractivity contribution in [2.24, 2.45) is 5.10 Å². The Morgan fingerprint density at radius 2 is 2.11 bits per heavy atom. The van der Waals surface area contributed by atoms with Crippen LogP contribution in [0.2, 0.25) is 10.0 Å². The summed E-state index contributed by atoms with van der Waals surface area (Å²) >= 11 is 11.9. The first-order valence-electron chi connectivity index (χ1n) is 5.51. The van der Waals surface area contributed by atoms with Crippen LogP contribution in [-0.4, -0.2) is 16.6 Å². The molecule has 1 aromatic heterocycles. The number of hydrazone groups is 1. The van der Waals surface area contributed by atoms with Crippen LogP contribution in [0.3, 0.4) is 0 Å². The van der Waals surface area contributed by atoms with Gasteiger partial charge in [-0.1, -0.05) is 23.2 Å². The van der Waals surface area contributed by atoms with Gasteiger partial charge in [0.05, 0.1) is 5.71 Å². The highest BCUT2D eigenvalue weighted by Crippen LogP contribution is 2.21. The SMILES string of the molecule is C/C(=N/NC(=O)c1ccc[nH]1)c1cc(Cl)ccc1Cl. The lowest BCUT2D eigenvalue weighted by atomic mass is 10.1. The van der Waals surface area contributed by atoms with Crippen LogP contribution in [0.25, 0.3) is 0 Å². The standard InChI is InChI=1S/C13H11Cl2N3O/c1-8(10-7-9(14)4-5-11(10)15)17-18-13(19)12-3-2-6-16-12/h2-7,16H,1H3,(H,18,19)/b17-8-. The number of nitrogens with one attached hydrogen (secondary N) is 2. The summed E-state index contributed by atoms with van der Waals surface area (Å²) in [5, 5.41) is 5.09. The van der Waals surface area contributed by atoms with Gasteiger partial charge in [0.2, 0.25) is 0 Å². The van der Waals surface area contributed by atoms with Crippen molar-refractivity contribution in [1.29, 1.82) is 0 Å². The van der Waals surface area contributed by atoms with Crippen LogP contribution in [-0.2, 0) is 0 Å². The highest BCUT2D eigenvalue weighted by Gasteiger charge is 2.07. The van der Waals surface area contributed by atoms with E-state index >= 15 is 0 Å². The van der Waals surface area contributed by atoms with Crippen LogP contribution >= 0.6 is 23.2 Å². The normalized spacial score (nSPS) is 11.4. The van der Waals surface area contributed by atoms with E-state index in [0.29, 0.717) is 27.0 Å². The summed E-state index contributed by atoms with van der Waals surface area (Å²) < 4.78 is 0. The topological polar surface area (TPSA) is 57.2 Å². The number of aromatic nitrogens is 1. The number of aromatic amines is 1. The van der Waals surface area contributed by atoms with Crippen LogP contribution in [0.5, 0.6) is 0 Å². The number of amides is 1. The lowest BCUT2D eigenvalue weighted by Gasteiger charge is -2.05. The highest BCUT2D eigenvalue weighted by molar-refractivity contribution is 6.36. The Balaban J connectivity index is 2.15. The molecule has 6 heteroatoms. The quantitative estimate of drug-likeness (QED) is 0.661. The molecule has 98 valence electrons. The number of benzene rings is 1. The lowest BCUT2D eigenvalue weighted by molar-refractivity contribution is 0.0950. The smallest absolute Gasteiger partial charge is 0.287 e. The van der Waals surface area contributed by atoms with Crippen molar-refractivity contribution in [2.45, 2.75) is 6.92 Å². The first-order chi connectivity index (χ1) is 9.08. The molecule has 0 aliphatic heterocycles. The minimum Gasteiger partial charge on any atom is -0.357 e. The third-order valence-corrected chi connectivity index (χ3v) is 3.05. The monoisotopic (exact) mass is 295 g/mol. The zero-order valence-corrected chi connectivity index (χ0v) is 11.6. The number of nitrogens with zero attached hydrogens (tertiary/aromatic N) is 1. The van der Waals surface area contributed by atoms with Gasteiger partial charge in [-0.2, -0.15) is 5.10 Å². The maximum Gasteiger partial charge on any atom is 0.287 e.